The van der Waals surface area contributed by atoms with Gasteiger partial charge in [-0.2, -0.15) is 0 Å². The topological polar surface area (TPSA) is 111 Å². The number of aromatic nitrogens is 2. The molecule has 2 heterocycles. The average molecular weight is 367 g/mol. The zero-order valence-electron chi connectivity index (χ0n) is 14.3. The Kier molecular flexibility index (Phi) is 5.91. The Labute approximate surface area is 148 Å². The maximum atomic E-state index is 12.2. The third-order valence-corrected chi connectivity index (χ3v) is 4.16. The highest BCUT2D eigenvalue weighted by atomic mass is 32.1. The molecule has 0 bridgehead atoms. The monoisotopic (exact) mass is 367 g/mol. The van der Waals surface area contributed by atoms with Crippen LogP contribution in [0.25, 0.3) is 10.2 Å². The van der Waals surface area contributed by atoms with Crippen LogP contribution in [-0.4, -0.2) is 44.8 Å². The Morgan fingerprint density at radius 2 is 2.16 bits per heavy atom. The molecule has 0 radical (unpaired) electrons. The third-order valence-electron chi connectivity index (χ3n) is 3.34. The van der Waals surface area contributed by atoms with Crippen LogP contribution >= 0.6 is 11.3 Å². The lowest BCUT2D eigenvalue weighted by Gasteiger charge is -2.21. The van der Waals surface area contributed by atoms with Gasteiger partial charge in [0.1, 0.15) is 17.4 Å². The van der Waals surface area contributed by atoms with Gasteiger partial charge in [0.05, 0.1) is 17.3 Å². The first-order chi connectivity index (χ1) is 11.7. The molecule has 0 aliphatic rings. The molecular formula is C16H21N3O5S. The number of hydrogen-bond acceptors (Lipinski definition) is 6. The number of ether oxygens (including phenoxy) is 1. The molecule has 0 fully saturated rings. The fourth-order valence-electron chi connectivity index (χ4n) is 2.14. The fraction of sp³-hybridized carbons (Fsp3) is 0.500. The van der Waals surface area contributed by atoms with Crippen molar-refractivity contribution in [2.45, 2.75) is 45.4 Å². The van der Waals surface area contributed by atoms with Gasteiger partial charge < -0.3 is 15.2 Å². The van der Waals surface area contributed by atoms with E-state index in [1.807, 2.05) is 20.8 Å². The van der Waals surface area contributed by atoms with Crippen molar-refractivity contribution in [2.24, 2.45) is 0 Å². The number of carbonyl (C=O) groups excluding carboxylic acids is 1. The minimum Gasteiger partial charge on any atom is -0.480 e. The van der Waals surface area contributed by atoms with E-state index in [2.05, 4.69) is 10.3 Å². The Morgan fingerprint density at radius 3 is 2.80 bits per heavy atom. The number of fused-ring (bicyclic) bond motifs is 1. The van der Waals surface area contributed by atoms with E-state index < -0.39 is 17.9 Å². The molecular weight excluding hydrogens is 346 g/mol. The van der Waals surface area contributed by atoms with Gasteiger partial charge in [0.15, 0.2) is 0 Å². The second kappa shape index (κ2) is 7.75. The van der Waals surface area contributed by atoms with E-state index in [4.69, 9.17) is 4.74 Å². The van der Waals surface area contributed by atoms with Gasteiger partial charge >= 0.3 is 5.97 Å². The fourth-order valence-corrected chi connectivity index (χ4v) is 2.86. The summed E-state index contributed by atoms with van der Waals surface area (Å²) in [6.45, 7) is 5.49. The molecule has 1 atom stereocenters. The highest BCUT2D eigenvalue weighted by molar-refractivity contribution is 7.16. The summed E-state index contributed by atoms with van der Waals surface area (Å²) in [4.78, 5) is 40.4. The van der Waals surface area contributed by atoms with Crippen LogP contribution in [0.5, 0.6) is 0 Å². The number of amides is 1. The largest absolute Gasteiger partial charge is 0.480 e. The van der Waals surface area contributed by atoms with Gasteiger partial charge in [-0.05, 0) is 32.2 Å². The van der Waals surface area contributed by atoms with Crippen molar-refractivity contribution in [3.05, 3.63) is 28.1 Å². The van der Waals surface area contributed by atoms with E-state index in [9.17, 15) is 19.5 Å². The molecule has 0 aromatic carbocycles. The molecule has 2 rings (SSSR count). The number of nitrogens with zero attached hydrogens (tertiary/aromatic N) is 2. The smallest absolute Gasteiger partial charge is 0.326 e. The molecule has 25 heavy (non-hydrogen) atoms. The lowest BCUT2D eigenvalue weighted by Crippen LogP contribution is -2.44. The van der Waals surface area contributed by atoms with E-state index in [0.717, 1.165) is 4.57 Å². The van der Waals surface area contributed by atoms with Crippen molar-refractivity contribution in [1.82, 2.24) is 14.9 Å². The summed E-state index contributed by atoms with van der Waals surface area (Å²) < 4.78 is 6.65. The SMILES string of the molecule is CC(C)(C)OCCC(NC(=O)Cn1cnc2sccc2c1=O)C(=O)O. The second-order valence-corrected chi connectivity index (χ2v) is 7.42. The minimum atomic E-state index is -1.15. The van der Waals surface area contributed by atoms with Gasteiger partial charge in [-0.25, -0.2) is 9.78 Å². The first-order valence-electron chi connectivity index (χ1n) is 7.76. The Hall–Kier alpha value is -2.26. The van der Waals surface area contributed by atoms with Crippen LogP contribution in [0, 0.1) is 0 Å². The molecule has 0 aliphatic heterocycles. The molecule has 136 valence electrons. The predicted octanol–water partition coefficient (Wildman–Crippen LogP) is 1.23. The first-order valence-corrected chi connectivity index (χ1v) is 8.64. The highest BCUT2D eigenvalue weighted by Gasteiger charge is 2.21. The Balaban J connectivity index is 1.99. The zero-order valence-corrected chi connectivity index (χ0v) is 15.1. The van der Waals surface area contributed by atoms with E-state index in [-0.39, 0.29) is 30.7 Å². The predicted molar refractivity (Wildman–Crippen MR) is 93.8 cm³/mol. The summed E-state index contributed by atoms with van der Waals surface area (Å²) in [7, 11) is 0. The summed E-state index contributed by atoms with van der Waals surface area (Å²) in [5.74, 6) is -1.72. The lowest BCUT2D eigenvalue weighted by atomic mass is 10.1. The third kappa shape index (κ3) is 5.36. The Bertz CT molecular complexity index is 821. The number of nitrogens with one attached hydrogen (secondary N) is 1. The standard InChI is InChI=1S/C16H21N3O5S/c1-16(2,3)24-6-4-11(15(22)23)18-12(20)8-19-9-17-13-10(14(19)21)5-7-25-13/h5,7,9,11H,4,6,8H2,1-3H3,(H,18,20)(H,22,23). The molecule has 0 spiro atoms. The van der Waals surface area contributed by atoms with Crippen LogP contribution in [-0.2, 0) is 20.9 Å². The van der Waals surface area contributed by atoms with Gasteiger partial charge in [-0.15, -0.1) is 11.3 Å². The molecule has 0 saturated carbocycles. The van der Waals surface area contributed by atoms with Crippen molar-refractivity contribution in [2.75, 3.05) is 6.61 Å². The number of carbonyl (C=O) groups is 2. The van der Waals surface area contributed by atoms with Crippen LogP contribution in [0.15, 0.2) is 22.6 Å². The van der Waals surface area contributed by atoms with E-state index >= 15 is 0 Å². The van der Waals surface area contributed by atoms with Crippen molar-refractivity contribution in [3.8, 4) is 0 Å². The number of thiophene rings is 1. The maximum Gasteiger partial charge on any atom is 0.326 e. The molecule has 2 N–H and O–H groups in total. The van der Waals surface area contributed by atoms with E-state index in [1.165, 1.54) is 17.7 Å². The average Bonchev–Trinajstić information content (AvgIpc) is 2.97. The quantitative estimate of drug-likeness (QED) is 0.762. The van der Waals surface area contributed by atoms with Gasteiger partial charge in [0, 0.05) is 13.0 Å². The molecule has 2 aromatic heterocycles. The molecule has 1 amide bonds. The van der Waals surface area contributed by atoms with E-state index in [1.54, 1.807) is 11.4 Å². The summed E-state index contributed by atoms with van der Waals surface area (Å²) in [6.07, 6.45) is 1.42. The highest BCUT2D eigenvalue weighted by Crippen LogP contribution is 2.13. The summed E-state index contributed by atoms with van der Waals surface area (Å²) >= 11 is 1.34. The zero-order chi connectivity index (χ0) is 18.6. The van der Waals surface area contributed by atoms with Gasteiger partial charge in [-0.3, -0.25) is 14.2 Å². The van der Waals surface area contributed by atoms with Crippen molar-refractivity contribution in [3.63, 3.8) is 0 Å². The summed E-state index contributed by atoms with van der Waals surface area (Å²) in [5.41, 5.74) is -0.716. The molecule has 8 nitrogen and oxygen atoms in total. The Morgan fingerprint density at radius 1 is 1.44 bits per heavy atom. The number of carboxylic acid groups (broad SMARTS) is 1. The van der Waals surface area contributed by atoms with Crippen LogP contribution < -0.4 is 10.9 Å². The molecule has 9 heteroatoms. The number of aliphatic carboxylic acids is 1. The van der Waals surface area contributed by atoms with Gasteiger partial charge in [0.2, 0.25) is 5.91 Å². The summed E-state index contributed by atoms with van der Waals surface area (Å²) in [5, 5.41) is 13.8. The lowest BCUT2D eigenvalue weighted by molar-refractivity contribution is -0.142. The van der Waals surface area contributed by atoms with Crippen LogP contribution in [0.4, 0.5) is 0 Å². The number of carboxylic acids is 1. The van der Waals surface area contributed by atoms with Crippen LogP contribution in [0.1, 0.15) is 27.2 Å². The van der Waals surface area contributed by atoms with Gasteiger partial charge in [0.25, 0.3) is 5.56 Å². The van der Waals surface area contributed by atoms with E-state index in [0.29, 0.717) is 10.2 Å². The maximum absolute atomic E-state index is 12.2. The molecule has 2 aromatic rings. The number of hydrogen-bond donors (Lipinski definition) is 2. The molecule has 0 saturated heterocycles. The van der Waals surface area contributed by atoms with Crippen molar-refractivity contribution >= 4 is 33.4 Å². The summed E-state index contributed by atoms with van der Waals surface area (Å²) in [6, 6.07) is 0.566. The number of rotatable bonds is 7. The van der Waals surface area contributed by atoms with Crippen LogP contribution in [0.2, 0.25) is 0 Å². The normalized spacial score (nSPS) is 12.9. The van der Waals surface area contributed by atoms with Crippen molar-refractivity contribution < 1.29 is 19.4 Å². The van der Waals surface area contributed by atoms with Crippen molar-refractivity contribution in [1.29, 1.82) is 0 Å². The second-order valence-electron chi connectivity index (χ2n) is 6.52. The molecule has 0 aliphatic carbocycles. The first kappa shape index (κ1) is 19.1. The van der Waals surface area contributed by atoms with Crippen LogP contribution in [0.3, 0.4) is 0 Å². The minimum absolute atomic E-state index is 0.134. The van der Waals surface area contributed by atoms with Gasteiger partial charge in [-0.1, -0.05) is 0 Å². The molecule has 1 unspecified atom stereocenters.